The van der Waals surface area contributed by atoms with Crippen LogP contribution in [0.3, 0.4) is 0 Å². The van der Waals surface area contributed by atoms with E-state index in [-0.39, 0.29) is 5.91 Å². The Kier molecular flexibility index (Phi) is 5.62. The second-order valence-corrected chi connectivity index (χ2v) is 5.94. The van der Waals surface area contributed by atoms with E-state index in [0.717, 1.165) is 18.4 Å². The van der Waals surface area contributed by atoms with Crippen molar-refractivity contribution in [1.82, 2.24) is 5.32 Å². The van der Waals surface area contributed by atoms with Crippen LogP contribution in [0.2, 0.25) is 5.02 Å². The minimum absolute atomic E-state index is 0.135. The van der Waals surface area contributed by atoms with Crippen LogP contribution in [-0.2, 0) is 16.0 Å². The summed E-state index contributed by atoms with van der Waals surface area (Å²) in [5.74, 6) is -1.92. The fraction of sp³-hybridized carbons (Fsp3) is 0.500. The summed E-state index contributed by atoms with van der Waals surface area (Å²) in [5, 5.41) is 12.7. The molecule has 0 aliphatic heterocycles. The van der Waals surface area contributed by atoms with E-state index in [1.165, 1.54) is 0 Å². The number of amides is 1. The van der Waals surface area contributed by atoms with Crippen molar-refractivity contribution in [3.63, 3.8) is 0 Å². The molecule has 114 valence electrons. The maximum absolute atomic E-state index is 12.2. The average Bonchev–Trinajstić information content (AvgIpc) is 2.47. The standard InChI is InChI=1S/C16H20ClNO3/c17-12-5-3-4-11(10-12)8-9-18-15(19)13-6-1-2-7-14(13)16(20)21/h3-5,10,13-14H,1-2,6-9H2,(H,18,19)(H,20,21)/t13-,14+/m0/s1. The van der Waals surface area contributed by atoms with Crippen molar-refractivity contribution < 1.29 is 14.7 Å². The zero-order valence-electron chi connectivity index (χ0n) is 11.8. The molecule has 2 atom stereocenters. The van der Waals surface area contributed by atoms with Crippen LogP contribution in [0, 0.1) is 11.8 Å². The van der Waals surface area contributed by atoms with Gasteiger partial charge in [-0.15, -0.1) is 0 Å². The van der Waals surface area contributed by atoms with Gasteiger partial charge in [-0.1, -0.05) is 36.6 Å². The molecule has 0 heterocycles. The van der Waals surface area contributed by atoms with E-state index in [1.807, 2.05) is 24.3 Å². The summed E-state index contributed by atoms with van der Waals surface area (Å²) < 4.78 is 0. The number of benzene rings is 1. The number of carbonyl (C=O) groups excluding carboxylic acids is 1. The molecular weight excluding hydrogens is 290 g/mol. The van der Waals surface area contributed by atoms with Gasteiger partial charge in [0.15, 0.2) is 0 Å². The Balaban J connectivity index is 1.84. The number of hydrogen-bond donors (Lipinski definition) is 2. The average molecular weight is 310 g/mol. The van der Waals surface area contributed by atoms with Crippen molar-refractivity contribution in [3.8, 4) is 0 Å². The summed E-state index contributed by atoms with van der Waals surface area (Å²) in [6.07, 6.45) is 3.78. The fourth-order valence-corrected chi connectivity index (χ4v) is 3.11. The van der Waals surface area contributed by atoms with E-state index in [2.05, 4.69) is 5.32 Å². The minimum Gasteiger partial charge on any atom is -0.481 e. The molecule has 2 N–H and O–H groups in total. The van der Waals surface area contributed by atoms with Gasteiger partial charge in [0, 0.05) is 11.6 Å². The highest BCUT2D eigenvalue weighted by Crippen LogP contribution is 2.30. The molecule has 0 saturated heterocycles. The smallest absolute Gasteiger partial charge is 0.307 e. The van der Waals surface area contributed by atoms with E-state index in [1.54, 1.807) is 0 Å². The molecule has 0 spiro atoms. The topological polar surface area (TPSA) is 66.4 Å². The lowest BCUT2D eigenvalue weighted by molar-refractivity contribution is -0.148. The Morgan fingerprint density at radius 3 is 2.62 bits per heavy atom. The van der Waals surface area contributed by atoms with Crippen LogP contribution in [0.5, 0.6) is 0 Å². The quantitative estimate of drug-likeness (QED) is 0.879. The number of hydrogen-bond acceptors (Lipinski definition) is 2. The predicted octanol–water partition coefficient (Wildman–Crippen LogP) is 2.89. The normalized spacial score (nSPS) is 21.8. The van der Waals surface area contributed by atoms with E-state index < -0.39 is 17.8 Å². The lowest BCUT2D eigenvalue weighted by atomic mass is 9.78. The molecule has 0 bridgehead atoms. The molecule has 1 aliphatic rings. The molecule has 1 aliphatic carbocycles. The summed E-state index contributed by atoms with van der Waals surface area (Å²) >= 11 is 5.91. The predicted molar refractivity (Wildman–Crippen MR) is 81.2 cm³/mol. The van der Waals surface area contributed by atoms with Crippen molar-refractivity contribution in [2.24, 2.45) is 11.8 Å². The number of rotatable bonds is 5. The second-order valence-electron chi connectivity index (χ2n) is 5.51. The lowest BCUT2D eigenvalue weighted by Crippen LogP contribution is -2.40. The first-order chi connectivity index (χ1) is 10.1. The molecule has 21 heavy (non-hydrogen) atoms. The molecule has 0 unspecified atom stereocenters. The van der Waals surface area contributed by atoms with Crippen molar-refractivity contribution in [1.29, 1.82) is 0 Å². The molecule has 1 aromatic rings. The third-order valence-electron chi connectivity index (χ3n) is 4.02. The summed E-state index contributed by atoms with van der Waals surface area (Å²) in [4.78, 5) is 23.4. The first-order valence-corrected chi connectivity index (χ1v) is 7.70. The van der Waals surface area contributed by atoms with Crippen LogP contribution in [0.25, 0.3) is 0 Å². The summed E-state index contributed by atoms with van der Waals surface area (Å²) in [6, 6.07) is 7.51. The maximum atomic E-state index is 12.2. The van der Waals surface area contributed by atoms with E-state index in [4.69, 9.17) is 11.6 Å². The number of carboxylic acid groups (broad SMARTS) is 1. The van der Waals surface area contributed by atoms with Gasteiger partial charge < -0.3 is 10.4 Å². The maximum Gasteiger partial charge on any atom is 0.307 e. The molecule has 5 heteroatoms. The highest BCUT2D eigenvalue weighted by Gasteiger charge is 2.35. The Morgan fingerprint density at radius 1 is 1.24 bits per heavy atom. The van der Waals surface area contributed by atoms with Gasteiger partial charge >= 0.3 is 5.97 Å². The Bertz CT molecular complexity index is 518. The monoisotopic (exact) mass is 309 g/mol. The molecule has 0 aromatic heterocycles. The zero-order valence-corrected chi connectivity index (χ0v) is 12.6. The number of halogens is 1. The van der Waals surface area contributed by atoms with Crippen molar-refractivity contribution in [2.75, 3.05) is 6.54 Å². The second kappa shape index (κ2) is 7.46. The molecular formula is C16H20ClNO3. The summed E-state index contributed by atoms with van der Waals surface area (Å²) in [6.45, 7) is 0.502. The van der Waals surface area contributed by atoms with Gasteiger partial charge in [-0.25, -0.2) is 0 Å². The molecule has 1 fully saturated rings. The van der Waals surface area contributed by atoms with Crippen molar-refractivity contribution in [3.05, 3.63) is 34.9 Å². The van der Waals surface area contributed by atoms with Gasteiger partial charge in [0.2, 0.25) is 5.91 Å². The lowest BCUT2D eigenvalue weighted by Gasteiger charge is -2.27. The van der Waals surface area contributed by atoms with E-state index in [0.29, 0.717) is 30.8 Å². The third kappa shape index (κ3) is 4.46. The highest BCUT2D eigenvalue weighted by molar-refractivity contribution is 6.30. The summed E-state index contributed by atoms with van der Waals surface area (Å²) in [7, 11) is 0. The Hall–Kier alpha value is -1.55. The van der Waals surface area contributed by atoms with Crippen molar-refractivity contribution >= 4 is 23.5 Å². The number of carboxylic acids is 1. The molecule has 1 saturated carbocycles. The van der Waals surface area contributed by atoms with Crippen LogP contribution in [-0.4, -0.2) is 23.5 Å². The number of nitrogens with one attached hydrogen (secondary N) is 1. The van der Waals surface area contributed by atoms with Gasteiger partial charge in [0.25, 0.3) is 0 Å². The van der Waals surface area contributed by atoms with Gasteiger partial charge in [0.05, 0.1) is 11.8 Å². The SMILES string of the molecule is O=C(NCCc1cccc(Cl)c1)[C@H]1CCCC[C@H]1C(=O)O. The largest absolute Gasteiger partial charge is 0.481 e. The molecule has 1 amide bonds. The highest BCUT2D eigenvalue weighted by atomic mass is 35.5. The van der Waals surface area contributed by atoms with Gasteiger partial charge in [-0.2, -0.15) is 0 Å². The fourth-order valence-electron chi connectivity index (χ4n) is 2.89. The Morgan fingerprint density at radius 2 is 1.95 bits per heavy atom. The van der Waals surface area contributed by atoms with Gasteiger partial charge in [0.1, 0.15) is 0 Å². The van der Waals surface area contributed by atoms with Crippen LogP contribution in [0.4, 0.5) is 0 Å². The summed E-state index contributed by atoms with van der Waals surface area (Å²) in [5.41, 5.74) is 1.06. The Labute approximate surface area is 129 Å². The third-order valence-corrected chi connectivity index (χ3v) is 4.26. The first-order valence-electron chi connectivity index (χ1n) is 7.33. The van der Waals surface area contributed by atoms with E-state index in [9.17, 15) is 14.7 Å². The van der Waals surface area contributed by atoms with Crippen LogP contribution in [0.15, 0.2) is 24.3 Å². The van der Waals surface area contributed by atoms with E-state index >= 15 is 0 Å². The van der Waals surface area contributed by atoms with Crippen LogP contribution in [0.1, 0.15) is 31.2 Å². The van der Waals surface area contributed by atoms with Gasteiger partial charge in [-0.3, -0.25) is 9.59 Å². The van der Waals surface area contributed by atoms with Crippen LogP contribution >= 0.6 is 11.6 Å². The molecule has 1 aromatic carbocycles. The molecule has 0 radical (unpaired) electrons. The number of carbonyl (C=O) groups is 2. The zero-order chi connectivity index (χ0) is 15.2. The first kappa shape index (κ1) is 15.8. The van der Waals surface area contributed by atoms with Gasteiger partial charge in [-0.05, 0) is 37.0 Å². The molecule has 2 rings (SSSR count). The minimum atomic E-state index is -0.857. The van der Waals surface area contributed by atoms with Crippen LogP contribution < -0.4 is 5.32 Å². The van der Waals surface area contributed by atoms with Crippen molar-refractivity contribution in [2.45, 2.75) is 32.1 Å². The molecule has 4 nitrogen and oxygen atoms in total. The number of aliphatic carboxylic acids is 1.